The SMILES string of the molecule is CC(=O)c1cccc(NC(=O)Cn2nc(Cl)nc2Cl)c1. The Kier molecular flexibility index (Phi) is 4.36. The molecule has 1 aromatic carbocycles. The zero-order valence-electron chi connectivity index (χ0n) is 10.4. The highest BCUT2D eigenvalue weighted by molar-refractivity contribution is 6.31. The van der Waals surface area contributed by atoms with E-state index >= 15 is 0 Å². The van der Waals surface area contributed by atoms with E-state index < -0.39 is 0 Å². The number of benzene rings is 1. The third kappa shape index (κ3) is 3.55. The summed E-state index contributed by atoms with van der Waals surface area (Å²) in [4.78, 5) is 26.8. The molecule has 0 aliphatic rings. The molecule has 0 saturated carbocycles. The van der Waals surface area contributed by atoms with Crippen LogP contribution in [0.4, 0.5) is 5.69 Å². The Morgan fingerprint density at radius 3 is 2.70 bits per heavy atom. The van der Waals surface area contributed by atoms with Crippen LogP contribution >= 0.6 is 23.2 Å². The van der Waals surface area contributed by atoms with Crippen molar-refractivity contribution in [2.45, 2.75) is 13.5 Å². The number of anilines is 1. The summed E-state index contributed by atoms with van der Waals surface area (Å²) in [6, 6.07) is 6.63. The largest absolute Gasteiger partial charge is 0.324 e. The van der Waals surface area contributed by atoms with Gasteiger partial charge >= 0.3 is 0 Å². The van der Waals surface area contributed by atoms with E-state index in [0.717, 1.165) is 0 Å². The van der Waals surface area contributed by atoms with Crippen molar-refractivity contribution in [3.8, 4) is 0 Å². The first-order chi connectivity index (χ1) is 9.45. The summed E-state index contributed by atoms with van der Waals surface area (Å²) in [5, 5.41) is 6.41. The molecule has 2 aromatic rings. The topological polar surface area (TPSA) is 76.9 Å². The fraction of sp³-hybridized carbons (Fsp3) is 0.167. The lowest BCUT2D eigenvalue weighted by Gasteiger charge is -2.06. The van der Waals surface area contributed by atoms with Gasteiger partial charge in [0.1, 0.15) is 6.54 Å². The van der Waals surface area contributed by atoms with Crippen molar-refractivity contribution < 1.29 is 9.59 Å². The third-order valence-electron chi connectivity index (χ3n) is 2.45. The number of amides is 1. The fourth-order valence-electron chi connectivity index (χ4n) is 1.55. The molecule has 0 aliphatic carbocycles. The molecule has 0 fully saturated rings. The Morgan fingerprint density at radius 1 is 1.35 bits per heavy atom. The van der Waals surface area contributed by atoms with Crippen LogP contribution in [0, 0.1) is 0 Å². The number of Topliss-reactive ketones (excluding diaryl/α,β-unsaturated/α-hetero) is 1. The number of rotatable bonds is 4. The van der Waals surface area contributed by atoms with Crippen LogP contribution in [0.25, 0.3) is 0 Å². The van der Waals surface area contributed by atoms with E-state index in [1.165, 1.54) is 11.6 Å². The number of ketones is 1. The number of carbonyl (C=O) groups is 2. The summed E-state index contributed by atoms with van der Waals surface area (Å²) >= 11 is 11.3. The summed E-state index contributed by atoms with van der Waals surface area (Å²) in [7, 11) is 0. The molecule has 6 nitrogen and oxygen atoms in total. The Labute approximate surface area is 124 Å². The lowest BCUT2D eigenvalue weighted by Crippen LogP contribution is -2.19. The van der Waals surface area contributed by atoms with E-state index in [1.807, 2.05) is 0 Å². The summed E-state index contributed by atoms with van der Waals surface area (Å²) < 4.78 is 1.17. The molecule has 8 heteroatoms. The molecule has 0 aliphatic heterocycles. The minimum absolute atomic E-state index is 0.0265. The highest BCUT2D eigenvalue weighted by Crippen LogP contribution is 2.12. The first-order valence-electron chi connectivity index (χ1n) is 5.62. The summed E-state index contributed by atoms with van der Waals surface area (Å²) in [5.74, 6) is -0.429. The maximum absolute atomic E-state index is 11.8. The molecule has 1 N–H and O–H groups in total. The van der Waals surface area contributed by atoms with Gasteiger partial charge in [-0.1, -0.05) is 12.1 Å². The summed E-state index contributed by atoms with van der Waals surface area (Å²) in [6.45, 7) is 1.33. The van der Waals surface area contributed by atoms with Crippen LogP contribution in [0.5, 0.6) is 0 Å². The van der Waals surface area contributed by atoms with Crippen molar-refractivity contribution in [3.63, 3.8) is 0 Å². The van der Waals surface area contributed by atoms with Gasteiger partial charge in [0.05, 0.1) is 0 Å². The van der Waals surface area contributed by atoms with E-state index in [4.69, 9.17) is 23.2 Å². The summed E-state index contributed by atoms with van der Waals surface area (Å²) in [6.07, 6.45) is 0. The van der Waals surface area contributed by atoms with Crippen molar-refractivity contribution in [2.75, 3.05) is 5.32 Å². The molecular weight excluding hydrogens is 303 g/mol. The van der Waals surface area contributed by atoms with Crippen molar-refractivity contribution >= 4 is 40.6 Å². The molecule has 20 heavy (non-hydrogen) atoms. The number of carbonyl (C=O) groups excluding carboxylic acids is 2. The molecule has 0 bridgehead atoms. The average molecular weight is 313 g/mol. The van der Waals surface area contributed by atoms with Crippen LogP contribution in [0.2, 0.25) is 10.6 Å². The highest BCUT2D eigenvalue weighted by Gasteiger charge is 2.11. The van der Waals surface area contributed by atoms with Gasteiger partial charge in [-0.25, -0.2) is 4.68 Å². The molecule has 0 atom stereocenters. The standard InChI is InChI=1S/C12H10Cl2N4O2/c1-7(19)8-3-2-4-9(5-8)15-10(20)6-18-12(14)16-11(13)17-18/h2-5H,6H2,1H3,(H,15,20). The first kappa shape index (κ1) is 14.5. The number of hydrogen-bond acceptors (Lipinski definition) is 4. The van der Waals surface area contributed by atoms with Gasteiger partial charge in [-0.2, -0.15) is 4.98 Å². The van der Waals surface area contributed by atoms with Gasteiger partial charge in [-0.3, -0.25) is 9.59 Å². The van der Waals surface area contributed by atoms with Crippen molar-refractivity contribution in [1.82, 2.24) is 14.8 Å². The fourth-order valence-corrected chi connectivity index (χ4v) is 1.94. The second kappa shape index (κ2) is 6.02. The van der Waals surface area contributed by atoms with Gasteiger partial charge < -0.3 is 5.32 Å². The van der Waals surface area contributed by atoms with Crippen LogP contribution in [0.15, 0.2) is 24.3 Å². The Balaban J connectivity index is 2.06. The highest BCUT2D eigenvalue weighted by atomic mass is 35.5. The number of hydrogen-bond donors (Lipinski definition) is 1. The van der Waals surface area contributed by atoms with Gasteiger partial charge in [0.2, 0.25) is 16.5 Å². The molecule has 1 aromatic heterocycles. The van der Waals surface area contributed by atoms with Crippen molar-refractivity contribution in [3.05, 3.63) is 40.4 Å². The second-order valence-corrected chi connectivity index (χ2v) is 4.67. The lowest BCUT2D eigenvalue weighted by atomic mass is 10.1. The molecule has 0 radical (unpaired) electrons. The molecule has 0 spiro atoms. The third-order valence-corrected chi connectivity index (χ3v) is 2.89. The van der Waals surface area contributed by atoms with Crippen LogP contribution in [-0.4, -0.2) is 26.5 Å². The minimum atomic E-state index is -0.353. The predicted molar refractivity (Wildman–Crippen MR) is 75.1 cm³/mol. The Hall–Kier alpha value is -1.92. The van der Waals surface area contributed by atoms with Crippen LogP contribution < -0.4 is 5.32 Å². The molecule has 104 valence electrons. The van der Waals surface area contributed by atoms with Crippen LogP contribution in [0.1, 0.15) is 17.3 Å². The van der Waals surface area contributed by atoms with Gasteiger partial charge in [0.15, 0.2) is 5.78 Å². The number of nitrogens with one attached hydrogen (secondary N) is 1. The molecule has 1 amide bonds. The summed E-state index contributed by atoms with van der Waals surface area (Å²) in [5.41, 5.74) is 1.04. The maximum atomic E-state index is 11.8. The van der Waals surface area contributed by atoms with Gasteiger partial charge in [-0.15, -0.1) is 5.10 Å². The zero-order valence-corrected chi connectivity index (χ0v) is 11.9. The molecule has 0 unspecified atom stereocenters. The molecule has 0 saturated heterocycles. The smallest absolute Gasteiger partial charge is 0.246 e. The van der Waals surface area contributed by atoms with E-state index in [9.17, 15) is 9.59 Å². The van der Waals surface area contributed by atoms with Gasteiger partial charge in [0, 0.05) is 11.3 Å². The first-order valence-corrected chi connectivity index (χ1v) is 6.38. The number of halogens is 2. The Bertz CT molecular complexity index is 669. The zero-order chi connectivity index (χ0) is 14.7. The average Bonchev–Trinajstić information content (AvgIpc) is 2.67. The number of aromatic nitrogens is 3. The van der Waals surface area contributed by atoms with Crippen LogP contribution in [-0.2, 0) is 11.3 Å². The second-order valence-electron chi connectivity index (χ2n) is 3.99. The minimum Gasteiger partial charge on any atom is -0.324 e. The van der Waals surface area contributed by atoms with E-state index in [-0.39, 0.29) is 28.8 Å². The van der Waals surface area contributed by atoms with Crippen molar-refractivity contribution in [1.29, 1.82) is 0 Å². The van der Waals surface area contributed by atoms with Crippen molar-refractivity contribution in [2.24, 2.45) is 0 Å². The maximum Gasteiger partial charge on any atom is 0.246 e. The normalized spacial score (nSPS) is 10.3. The van der Waals surface area contributed by atoms with Gasteiger partial charge in [-0.05, 0) is 42.3 Å². The predicted octanol–water partition coefficient (Wildman–Crippen LogP) is 2.43. The quantitative estimate of drug-likeness (QED) is 0.880. The monoisotopic (exact) mass is 312 g/mol. The van der Waals surface area contributed by atoms with E-state index in [2.05, 4.69) is 15.4 Å². The van der Waals surface area contributed by atoms with Crippen LogP contribution in [0.3, 0.4) is 0 Å². The molecule has 2 rings (SSSR count). The molecular formula is C12H10Cl2N4O2. The Morgan fingerprint density at radius 2 is 2.10 bits per heavy atom. The molecule has 1 heterocycles. The van der Waals surface area contributed by atoms with Gasteiger partial charge in [0.25, 0.3) is 0 Å². The van der Waals surface area contributed by atoms with E-state index in [1.54, 1.807) is 24.3 Å². The number of nitrogens with zero attached hydrogens (tertiary/aromatic N) is 3. The lowest BCUT2D eigenvalue weighted by molar-refractivity contribution is -0.116. The van der Waals surface area contributed by atoms with E-state index in [0.29, 0.717) is 11.3 Å².